The molecule has 34 heavy (non-hydrogen) atoms. The molecule has 1 N–H and O–H groups in total. The van der Waals surface area contributed by atoms with Crippen molar-refractivity contribution in [2.75, 3.05) is 18.4 Å². The van der Waals surface area contributed by atoms with E-state index < -0.39 is 17.8 Å². The molecule has 0 saturated carbocycles. The maximum Gasteiger partial charge on any atom is 0.418 e. The first kappa shape index (κ1) is 24.9. The molecule has 3 rings (SSSR count). The van der Waals surface area contributed by atoms with Crippen molar-refractivity contribution in [3.63, 3.8) is 0 Å². The van der Waals surface area contributed by atoms with Gasteiger partial charge in [0.1, 0.15) is 12.3 Å². The summed E-state index contributed by atoms with van der Waals surface area (Å²) in [6, 6.07) is 16.8. The van der Waals surface area contributed by atoms with Crippen molar-refractivity contribution in [1.29, 1.82) is 0 Å². The molecule has 9 heteroatoms. The van der Waals surface area contributed by atoms with Gasteiger partial charge < -0.3 is 19.5 Å². The monoisotopic (exact) mass is 473 g/mol. The normalized spacial score (nSPS) is 11.2. The van der Waals surface area contributed by atoms with Crippen LogP contribution in [0.25, 0.3) is 0 Å². The molecule has 180 valence electrons. The number of benzene rings is 2. The number of hydrogen-bond acceptors (Lipinski definition) is 3. The lowest BCUT2D eigenvalue weighted by Gasteiger charge is -2.27. The van der Waals surface area contributed by atoms with Gasteiger partial charge in [0.15, 0.2) is 0 Å². The summed E-state index contributed by atoms with van der Waals surface area (Å²) in [7, 11) is 0. The van der Waals surface area contributed by atoms with Crippen LogP contribution in [0.5, 0.6) is 0 Å². The second kappa shape index (κ2) is 11.4. The third-order valence-corrected chi connectivity index (χ3v) is 5.08. The lowest BCUT2D eigenvalue weighted by atomic mass is 10.1. The summed E-state index contributed by atoms with van der Waals surface area (Å²) >= 11 is 0. The van der Waals surface area contributed by atoms with Crippen molar-refractivity contribution in [1.82, 2.24) is 9.80 Å². The molecule has 1 aromatic heterocycles. The van der Waals surface area contributed by atoms with Crippen LogP contribution in [-0.2, 0) is 24.1 Å². The number of rotatable bonds is 9. The Morgan fingerprint density at radius 2 is 1.62 bits per heavy atom. The second-order valence-electron chi connectivity index (χ2n) is 7.71. The number of hydrogen-bond donors (Lipinski definition) is 1. The van der Waals surface area contributed by atoms with E-state index in [1.54, 1.807) is 17.0 Å². The van der Waals surface area contributed by atoms with Crippen LogP contribution in [-0.4, -0.2) is 34.8 Å². The molecule has 0 atom stereocenters. The molecule has 0 unspecified atom stereocenters. The maximum atomic E-state index is 13.3. The molecule has 0 spiro atoms. The summed E-state index contributed by atoms with van der Waals surface area (Å²) in [4.78, 5) is 28.9. The lowest BCUT2D eigenvalue weighted by molar-refractivity contribution is -0.137. The molecule has 0 bridgehead atoms. The Morgan fingerprint density at radius 3 is 2.26 bits per heavy atom. The van der Waals surface area contributed by atoms with Gasteiger partial charge in [-0.25, -0.2) is 4.79 Å². The zero-order chi connectivity index (χ0) is 24.6. The van der Waals surface area contributed by atoms with Crippen molar-refractivity contribution in [3.05, 3.63) is 89.9 Å². The van der Waals surface area contributed by atoms with Gasteiger partial charge in [-0.1, -0.05) is 49.4 Å². The highest BCUT2D eigenvalue weighted by Crippen LogP contribution is 2.34. The first-order chi connectivity index (χ1) is 16.3. The van der Waals surface area contributed by atoms with Gasteiger partial charge in [0.2, 0.25) is 5.91 Å². The van der Waals surface area contributed by atoms with E-state index in [-0.39, 0.29) is 31.2 Å². The molecule has 3 amide bonds. The Kier molecular flexibility index (Phi) is 8.34. The fourth-order valence-corrected chi connectivity index (χ4v) is 3.45. The van der Waals surface area contributed by atoms with Gasteiger partial charge in [-0.2, -0.15) is 13.2 Å². The number of anilines is 1. The van der Waals surface area contributed by atoms with E-state index in [1.807, 2.05) is 37.3 Å². The summed E-state index contributed by atoms with van der Waals surface area (Å²) in [5.74, 6) is 0.225. The van der Waals surface area contributed by atoms with Crippen LogP contribution in [0.4, 0.5) is 23.7 Å². The van der Waals surface area contributed by atoms with Crippen molar-refractivity contribution in [2.24, 2.45) is 0 Å². The number of furan rings is 1. The highest BCUT2D eigenvalue weighted by Gasteiger charge is 2.34. The zero-order valence-corrected chi connectivity index (χ0v) is 18.7. The van der Waals surface area contributed by atoms with E-state index in [4.69, 9.17) is 4.42 Å². The summed E-state index contributed by atoms with van der Waals surface area (Å²) in [5.41, 5.74) is -0.409. The van der Waals surface area contributed by atoms with Crippen LogP contribution >= 0.6 is 0 Å². The largest absolute Gasteiger partial charge is 0.467 e. The minimum absolute atomic E-state index is 0.194. The third kappa shape index (κ3) is 6.87. The van der Waals surface area contributed by atoms with Crippen LogP contribution in [0.15, 0.2) is 77.4 Å². The van der Waals surface area contributed by atoms with Gasteiger partial charge in [-0.3, -0.25) is 4.79 Å². The fourth-order valence-electron chi connectivity index (χ4n) is 3.45. The Hall–Kier alpha value is -3.75. The summed E-state index contributed by atoms with van der Waals surface area (Å²) < 4.78 is 45.3. The molecule has 1 heterocycles. The van der Waals surface area contributed by atoms with Crippen molar-refractivity contribution < 1.29 is 27.2 Å². The van der Waals surface area contributed by atoms with E-state index in [1.165, 1.54) is 29.4 Å². The van der Waals surface area contributed by atoms with E-state index in [2.05, 4.69) is 5.32 Å². The number of halogens is 3. The molecule has 0 radical (unpaired) electrons. The Morgan fingerprint density at radius 1 is 0.912 bits per heavy atom. The number of amides is 3. The summed E-state index contributed by atoms with van der Waals surface area (Å²) in [6.07, 6.45) is -2.58. The van der Waals surface area contributed by atoms with Crippen molar-refractivity contribution in [2.45, 2.75) is 32.6 Å². The lowest BCUT2D eigenvalue weighted by Crippen LogP contribution is -2.44. The molecule has 2 aromatic carbocycles. The van der Waals surface area contributed by atoms with Crippen molar-refractivity contribution in [3.8, 4) is 0 Å². The fraction of sp³-hybridized carbons (Fsp3) is 0.280. The standard InChI is InChI=1S/C25H26F3N3O3/c1-2-14-30(24(33)29-22-13-7-6-12-21(22)25(26,27)28)18-23(32)31(17-20-11-8-15-34-20)16-19-9-4-3-5-10-19/h3-13,15H,2,14,16-18H2,1H3,(H,29,33). The van der Waals surface area contributed by atoms with E-state index >= 15 is 0 Å². The van der Waals surface area contributed by atoms with E-state index in [0.29, 0.717) is 18.7 Å². The highest BCUT2D eigenvalue weighted by molar-refractivity contribution is 5.93. The SMILES string of the molecule is CCCN(CC(=O)N(Cc1ccccc1)Cc1ccco1)C(=O)Nc1ccccc1C(F)(F)F. The minimum Gasteiger partial charge on any atom is -0.467 e. The number of urea groups is 1. The molecule has 0 saturated heterocycles. The summed E-state index contributed by atoms with van der Waals surface area (Å²) in [5, 5.41) is 2.32. The average molecular weight is 473 g/mol. The first-order valence-electron chi connectivity index (χ1n) is 10.8. The molecule has 0 aliphatic rings. The van der Waals surface area contributed by atoms with Crippen LogP contribution in [0, 0.1) is 0 Å². The number of carbonyl (C=O) groups excluding carboxylic acids is 2. The topological polar surface area (TPSA) is 65.8 Å². The van der Waals surface area contributed by atoms with Crippen LogP contribution < -0.4 is 5.32 Å². The number of nitrogens with zero attached hydrogens (tertiary/aromatic N) is 2. The van der Waals surface area contributed by atoms with Gasteiger partial charge in [0, 0.05) is 13.1 Å². The smallest absolute Gasteiger partial charge is 0.418 e. The molecular weight excluding hydrogens is 447 g/mol. The minimum atomic E-state index is -4.62. The van der Waals surface area contributed by atoms with Crippen LogP contribution in [0.3, 0.4) is 0 Å². The maximum absolute atomic E-state index is 13.3. The van der Waals surface area contributed by atoms with Crippen LogP contribution in [0.2, 0.25) is 0 Å². The van der Waals surface area contributed by atoms with E-state index in [0.717, 1.165) is 11.6 Å². The predicted molar refractivity (Wildman–Crippen MR) is 122 cm³/mol. The predicted octanol–water partition coefficient (Wildman–Crippen LogP) is 5.77. The van der Waals surface area contributed by atoms with Gasteiger partial charge in [-0.15, -0.1) is 0 Å². The average Bonchev–Trinajstić information content (AvgIpc) is 3.32. The number of nitrogens with one attached hydrogen (secondary N) is 1. The second-order valence-corrected chi connectivity index (χ2v) is 7.71. The Labute approximate surface area is 196 Å². The van der Waals surface area contributed by atoms with Crippen LogP contribution in [0.1, 0.15) is 30.2 Å². The number of carbonyl (C=O) groups is 2. The zero-order valence-electron chi connectivity index (χ0n) is 18.7. The number of alkyl halides is 3. The third-order valence-electron chi connectivity index (χ3n) is 5.08. The van der Waals surface area contributed by atoms with Gasteiger partial charge in [-0.05, 0) is 36.2 Å². The Balaban J connectivity index is 1.76. The molecule has 0 fully saturated rings. The highest BCUT2D eigenvalue weighted by atomic mass is 19.4. The number of para-hydroxylation sites is 1. The molecule has 0 aliphatic carbocycles. The molecule has 6 nitrogen and oxygen atoms in total. The Bertz CT molecular complexity index is 1070. The molecule has 0 aliphatic heterocycles. The van der Waals surface area contributed by atoms with Gasteiger partial charge in [0.05, 0.1) is 24.1 Å². The first-order valence-corrected chi connectivity index (χ1v) is 10.8. The van der Waals surface area contributed by atoms with E-state index in [9.17, 15) is 22.8 Å². The van der Waals surface area contributed by atoms with Gasteiger partial charge >= 0.3 is 12.2 Å². The summed E-state index contributed by atoms with van der Waals surface area (Å²) in [6.45, 7) is 2.21. The van der Waals surface area contributed by atoms with Gasteiger partial charge in [0.25, 0.3) is 0 Å². The molecule has 3 aromatic rings. The van der Waals surface area contributed by atoms with Crippen molar-refractivity contribution >= 4 is 17.6 Å². The molecular formula is C25H26F3N3O3. The quantitative estimate of drug-likeness (QED) is 0.429.